The summed E-state index contributed by atoms with van der Waals surface area (Å²) in [6, 6.07) is 6.87. The van der Waals surface area contributed by atoms with Gasteiger partial charge in [0.05, 0.1) is 21.8 Å². The van der Waals surface area contributed by atoms with E-state index in [4.69, 9.17) is 16.3 Å². The van der Waals surface area contributed by atoms with Crippen molar-refractivity contribution in [3.8, 4) is 5.75 Å². The molecule has 0 atom stereocenters. The van der Waals surface area contributed by atoms with Crippen molar-refractivity contribution in [2.45, 2.75) is 12.4 Å². The van der Waals surface area contributed by atoms with Crippen LogP contribution in [0.5, 0.6) is 5.75 Å². The molecule has 3 nitrogen and oxygen atoms in total. The zero-order valence-corrected chi connectivity index (χ0v) is 13.5. The fourth-order valence-corrected chi connectivity index (χ4v) is 2.09. The molecule has 0 saturated carbocycles. The lowest BCUT2D eigenvalue weighted by Gasteiger charge is -2.15. The Hall–Kier alpha value is -2.42. The fraction of sp³-hybridized carbons (Fsp3) is 0.188. The third-order valence-electron chi connectivity index (χ3n) is 3.08. The summed E-state index contributed by atoms with van der Waals surface area (Å²) in [7, 11) is 0. The Kier molecular flexibility index (Phi) is 5.70. The number of carbonyl (C=O) groups excluding carboxylic acids is 1. The van der Waals surface area contributed by atoms with Crippen LogP contribution in [0.1, 0.15) is 11.1 Å². The van der Waals surface area contributed by atoms with Crippen molar-refractivity contribution in [3.63, 3.8) is 0 Å². The van der Waals surface area contributed by atoms with Crippen LogP contribution in [0, 0.1) is 0 Å². The SMILES string of the molecule is O=C(COc1cc(C(F)(F)F)cc(C(F)(F)F)c1)Nc1ccccc1Cl. The van der Waals surface area contributed by atoms with E-state index >= 15 is 0 Å². The van der Waals surface area contributed by atoms with Crippen LogP contribution >= 0.6 is 11.6 Å². The van der Waals surface area contributed by atoms with E-state index in [1.807, 2.05) is 0 Å². The molecule has 1 amide bonds. The topological polar surface area (TPSA) is 38.3 Å². The standard InChI is InChI=1S/C16H10ClF6NO2/c17-12-3-1-2-4-13(12)24-14(25)8-26-11-6-9(15(18,19)20)5-10(7-11)16(21,22)23/h1-7H,8H2,(H,24,25). The molecule has 0 heterocycles. The minimum absolute atomic E-state index is 0.0311. The first kappa shape index (κ1) is 19.9. The molecule has 2 rings (SSSR count). The maximum Gasteiger partial charge on any atom is 0.416 e. The Morgan fingerprint density at radius 2 is 1.50 bits per heavy atom. The molecule has 0 bridgehead atoms. The van der Waals surface area contributed by atoms with Gasteiger partial charge in [0.25, 0.3) is 5.91 Å². The van der Waals surface area contributed by atoms with E-state index in [0.717, 1.165) is 0 Å². The highest BCUT2D eigenvalue weighted by atomic mass is 35.5. The fourth-order valence-electron chi connectivity index (χ4n) is 1.91. The molecular weight excluding hydrogens is 388 g/mol. The molecule has 0 aliphatic carbocycles. The summed E-state index contributed by atoms with van der Waals surface area (Å²) >= 11 is 5.82. The van der Waals surface area contributed by atoms with Crippen molar-refractivity contribution in [1.82, 2.24) is 0 Å². The second-order valence-electron chi connectivity index (χ2n) is 5.06. The van der Waals surface area contributed by atoms with Gasteiger partial charge in [-0.1, -0.05) is 23.7 Å². The third-order valence-corrected chi connectivity index (χ3v) is 3.41. The predicted molar refractivity (Wildman–Crippen MR) is 82.0 cm³/mol. The molecule has 0 aromatic heterocycles. The van der Waals surface area contributed by atoms with Crippen LogP contribution in [0.15, 0.2) is 42.5 Å². The lowest BCUT2D eigenvalue weighted by molar-refractivity contribution is -0.143. The van der Waals surface area contributed by atoms with Crippen molar-refractivity contribution in [3.05, 3.63) is 58.6 Å². The molecule has 0 fully saturated rings. The Balaban J connectivity index is 2.16. The number of benzene rings is 2. The Morgan fingerprint density at radius 3 is 2.00 bits per heavy atom. The number of hydrogen-bond acceptors (Lipinski definition) is 2. The predicted octanol–water partition coefficient (Wildman–Crippen LogP) is 5.40. The second kappa shape index (κ2) is 7.45. The lowest BCUT2D eigenvalue weighted by Crippen LogP contribution is -2.21. The monoisotopic (exact) mass is 397 g/mol. The van der Waals surface area contributed by atoms with Crippen molar-refractivity contribution >= 4 is 23.2 Å². The highest BCUT2D eigenvalue weighted by molar-refractivity contribution is 6.33. The normalized spacial score (nSPS) is 12.0. The van der Waals surface area contributed by atoms with E-state index in [0.29, 0.717) is 12.1 Å². The Morgan fingerprint density at radius 1 is 0.962 bits per heavy atom. The van der Waals surface area contributed by atoms with E-state index in [9.17, 15) is 31.1 Å². The van der Waals surface area contributed by atoms with E-state index in [-0.39, 0.29) is 16.8 Å². The van der Waals surface area contributed by atoms with Crippen LogP contribution in [0.3, 0.4) is 0 Å². The van der Waals surface area contributed by atoms with Crippen molar-refractivity contribution in [1.29, 1.82) is 0 Å². The van der Waals surface area contributed by atoms with Gasteiger partial charge in [-0.15, -0.1) is 0 Å². The molecule has 0 spiro atoms. The van der Waals surface area contributed by atoms with E-state index in [2.05, 4.69) is 5.32 Å². The Labute approximate surface area is 148 Å². The first-order valence-corrected chi connectivity index (χ1v) is 7.31. The van der Waals surface area contributed by atoms with Crippen LogP contribution in [0.2, 0.25) is 5.02 Å². The summed E-state index contributed by atoms with van der Waals surface area (Å²) in [5, 5.41) is 2.54. The van der Waals surface area contributed by atoms with Crippen LogP contribution in [-0.2, 0) is 17.1 Å². The van der Waals surface area contributed by atoms with Crippen molar-refractivity contribution in [2.75, 3.05) is 11.9 Å². The molecule has 10 heteroatoms. The molecule has 2 aromatic rings. The summed E-state index contributed by atoms with van der Waals surface area (Å²) in [6.07, 6.45) is -10.0. The average Bonchev–Trinajstić information content (AvgIpc) is 2.53. The lowest BCUT2D eigenvalue weighted by atomic mass is 10.1. The van der Waals surface area contributed by atoms with Gasteiger partial charge in [-0.25, -0.2) is 0 Å². The zero-order valence-electron chi connectivity index (χ0n) is 12.7. The summed E-state index contributed by atoms with van der Waals surface area (Å²) in [4.78, 5) is 11.8. The first-order valence-electron chi connectivity index (χ1n) is 6.93. The maximum absolute atomic E-state index is 12.7. The number of amides is 1. The first-order chi connectivity index (χ1) is 12.0. The highest BCUT2D eigenvalue weighted by Gasteiger charge is 2.37. The summed E-state index contributed by atoms with van der Waals surface area (Å²) in [6.45, 7) is -0.802. The van der Waals surface area contributed by atoms with Crippen molar-refractivity contribution < 1.29 is 35.9 Å². The van der Waals surface area contributed by atoms with Gasteiger partial charge in [0.2, 0.25) is 0 Å². The maximum atomic E-state index is 12.7. The van der Waals surface area contributed by atoms with Crippen LogP contribution < -0.4 is 10.1 Å². The quantitative estimate of drug-likeness (QED) is 0.702. The highest BCUT2D eigenvalue weighted by Crippen LogP contribution is 2.38. The summed E-state index contributed by atoms with van der Waals surface area (Å²) < 4.78 is 81.3. The van der Waals surface area contributed by atoms with Gasteiger partial charge >= 0.3 is 12.4 Å². The van der Waals surface area contributed by atoms with Gasteiger partial charge in [0.15, 0.2) is 6.61 Å². The van der Waals surface area contributed by atoms with Gasteiger partial charge < -0.3 is 10.1 Å². The smallest absolute Gasteiger partial charge is 0.416 e. The van der Waals surface area contributed by atoms with E-state index in [1.165, 1.54) is 12.1 Å². The van der Waals surface area contributed by atoms with Crippen molar-refractivity contribution in [2.24, 2.45) is 0 Å². The largest absolute Gasteiger partial charge is 0.484 e. The molecule has 1 N–H and O–H groups in total. The second-order valence-corrected chi connectivity index (χ2v) is 5.47. The van der Waals surface area contributed by atoms with Crippen LogP contribution in [0.4, 0.5) is 32.0 Å². The van der Waals surface area contributed by atoms with E-state index in [1.54, 1.807) is 12.1 Å². The number of rotatable bonds is 4. The zero-order chi connectivity index (χ0) is 19.5. The van der Waals surface area contributed by atoms with Gasteiger partial charge in [0, 0.05) is 0 Å². The van der Waals surface area contributed by atoms with Crippen LogP contribution in [0.25, 0.3) is 0 Å². The molecule has 0 aliphatic rings. The third kappa shape index (κ3) is 5.29. The minimum atomic E-state index is -5.00. The Bertz CT molecular complexity index is 772. The number of carbonyl (C=O) groups is 1. The molecule has 0 radical (unpaired) electrons. The number of halogens is 7. The number of nitrogens with one attached hydrogen (secondary N) is 1. The summed E-state index contributed by atoms with van der Waals surface area (Å²) in [5.74, 6) is -1.54. The molecule has 0 aliphatic heterocycles. The molecule has 0 saturated heterocycles. The number of anilines is 1. The molecule has 26 heavy (non-hydrogen) atoms. The van der Waals surface area contributed by atoms with Gasteiger partial charge in [-0.2, -0.15) is 26.3 Å². The number of para-hydroxylation sites is 1. The minimum Gasteiger partial charge on any atom is -0.484 e. The van der Waals surface area contributed by atoms with Crippen LogP contribution in [-0.4, -0.2) is 12.5 Å². The molecular formula is C16H10ClF6NO2. The number of alkyl halides is 6. The molecule has 140 valence electrons. The van der Waals surface area contributed by atoms with Gasteiger partial charge in [0.1, 0.15) is 5.75 Å². The summed E-state index contributed by atoms with van der Waals surface area (Å²) in [5.41, 5.74) is -2.84. The number of hydrogen-bond donors (Lipinski definition) is 1. The average molecular weight is 398 g/mol. The molecule has 2 aromatic carbocycles. The van der Waals surface area contributed by atoms with Gasteiger partial charge in [-0.3, -0.25) is 4.79 Å². The van der Waals surface area contributed by atoms with Gasteiger partial charge in [-0.05, 0) is 30.3 Å². The van der Waals surface area contributed by atoms with E-state index < -0.39 is 41.7 Å². The molecule has 0 unspecified atom stereocenters. The number of ether oxygens (including phenoxy) is 1.